The maximum absolute atomic E-state index is 13.4. The predicted molar refractivity (Wildman–Crippen MR) is 91.7 cm³/mol. The van der Waals surface area contributed by atoms with Crippen LogP contribution in [-0.2, 0) is 14.6 Å². The van der Waals surface area contributed by atoms with E-state index in [2.05, 4.69) is 10.2 Å². The Balaban J connectivity index is 1.66. The summed E-state index contributed by atoms with van der Waals surface area (Å²) in [6, 6.07) is 2.25. The molecule has 2 saturated heterocycles. The zero-order chi connectivity index (χ0) is 19.7. The summed E-state index contributed by atoms with van der Waals surface area (Å²) in [6.45, 7) is 3.99. The molecule has 0 radical (unpaired) electrons. The third kappa shape index (κ3) is 4.72. The second-order valence-electron chi connectivity index (χ2n) is 7.04. The number of hydrogen-bond donors (Lipinski definition) is 1. The highest BCUT2D eigenvalue weighted by Crippen LogP contribution is 2.35. The first-order valence-electron chi connectivity index (χ1n) is 8.84. The van der Waals surface area contributed by atoms with E-state index in [1.807, 2.05) is 0 Å². The highest BCUT2D eigenvalue weighted by Gasteiger charge is 2.48. The van der Waals surface area contributed by atoms with Gasteiger partial charge < -0.3 is 15.0 Å². The minimum atomic E-state index is -5.63. The van der Waals surface area contributed by atoms with E-state index in [4.69, 9.17) is 4.74 Å². The topological polar surface area (TPSA) is 58.6 Å². The van der Waals surface area contributed by atoms with E-state index in [1.165, 1.54) is 0 Å². The molecule has 10 heteroatoms. The number of alkyl halides is 3. The number of rotatable bonds is 5. The number of piperidine rings is 1. The largest absolute Gasteiger partial charge is 0.501 e. The van der Waals surface area contributed by atoms with E-state index >= 15 is 0 Å². The fourth-order valence-electron chi connectivity index (χ4n) is 3.53. The normalized spacial score (nSPS) is 22.9. The van der Waals surface area contributed by atoms with Gasteiger partial charge in [0.1, 0.15) is 10.7 Å². The molecular formula is C17H22F4N2O3S. The number of hydrogen-bond acceptors (Lipinski definition) is 5. The van der Waals surface area contributed by atoms with Crippen LogP contribution in [0.3, 0.4) is 0 Å². The monoisotopic (exact) mass is 410 g/mol. The SMILES string of the molecule is O=S(=O)(c1cc(F)ccc1NC1CCN(CC2CCOC2)CC1)C(F)(F)F. The average Bonchev–Trinajstić information content (AvgIpc) is 3.10. The minimum absolute atomic E-state index is 0.172. The van der Waals surface area contributed by atoms with E-state index < -0.39 is 26.1 Å². The highest BCUT2D eigenvalue weighted by molar-refractivity contribution is 7.92. The molecule has 2 aliphatic rings. The number of halogens is 4. The minimum Gasteiger partial charge on any atom is -0.381 e. The van der Waals surface area contributed by atoms with E-state index in [0.717, 1.165) is 51.4 Å². The Hall–Kier alpha value is -1.39. The lowest BCUT2D eigenvalue weighted by Gasteiger charge is -2.34. The summed E-state index contributed by atoms with van der Waals surface area (Å²) in [7, 11) is -5.63. The highest BCUT2D eigenvalue weighted by atomic mass is 32.2. The molecule has 27 heavy (non-hydrogen) atoms. The van der Waals surface area contributed by atoms with Gasteiger partial charge in [0, 0.05) is 32.3 Å². The molecule has 2 fully saturated rings. The number of ether oxygens (including phenoxy) is 1. The smallest absolute Gasteiger partial charge is 0.381 e. The van der Waals surface area contributed by atoms with Gasteiger partial charge in [0.05, 0.1) is 12.3 Å². The number of nitrogens with zero attached hydrogens (tertiary/aromatic N) is 1. The Morgan fingerprint density at radius 2 is 1.89 bits per heavy atom. The van der Waals surface area contributed by atoms with Crippen LogP contribution in [0.4, 0.5) is 23.2 Å². The van der Waals surface area contributed by atoms with E-state index in [0.29, 0.717) is 24.8 Å². The van der Waals surface area contributed by atoms with Crippen molar-refractivity contribution in [2.24, 2.45) is 5.92 Å². The van der Waals surface area contributed by atoms with Crippen LogP contribution in [0, 0.1) is 11.7 Å². The molecule has 1 atom stereocenters. The van der Waals surface area contributed by atoms with E-state index in [-0.39, 0.29) is 11.7 Å². The van der Waals surface area contributed by atoms with E-state index in [9.17, 15) is 26.0 Å². The molecule has 0 bridgehead atoms. The number of anilines is 1. The Morgan fingerprint density at radius 1 is 1.19 bits per heavy atom. The zero-order valence-corrected chi connectivity index (χ0v) is 15.5. The molecule has 3 rings (SSSR count). The quantitative estimate of drug-likeness (QED) is 0.757. The second-order valence-corrected chi connectivity index (χ2v) is 8.95. The molecule has 0 spiro atoms. The van der Waals surface area contributed by atoms with Crippen LogP contribution in [0.15, 0.2) is 23.1 Å². The molecular weight excluding hydrogens is 388 g/mol. The maximum Gasteiger partial charge on any atom is 0.501 e. The second kappa shape index (κ2) is 7.92. The van der Waals surface area contributed by atoms with Gasteiger partial charge in [-0.25, -0.2) is 12.8 Å². The molecule has 1 unspecified atom stereocenters. The summed E-state index contributed by atoms with van der Waals surface area (Å²) >= 11 is 0. The van der Waals surface area contributed by atoms with Crippen LogP contribution in [0.5, 0.6) is 0 Å². The maximum atomic E-state index is 13.4. The standard InChI is InChI=1S/C17H22F4N2O3S/c18-13-1-2-15(16(9-13)27(24,25)17(19,20)21)22-14-3-6-23(7-4-14)10-12-5-8-26-11-12/h1-2,9,12,14,22H,3-8,10-11H2. The van der Waals surface area contributed by atoms with Crippen LogP contribution in [0.25, 0.3) is 0 Å². The van der Waals surface area contributed by atoms with Gasteiger partial charge in [0.2, 0.25) is 0 Å². The van der Waals surface area contributed by atoms with Crippen molar-refractivity contribution in [3.63, 3.8) is 0 Å². The third-order valence-corrected chi connectivity index (χ3v) is 6.55. The van der Waals surface area contributed by atoms with Gasteiger partial charge in [-0.2, -0.15) is 13.2 Å². The molecule has 0 aliphatic carbocycles. The molecule has 1 N–H and O–H groups in total. The zero-order valence-electron chi connectivity index (χ0n) is 14.6. The third-order valence-electron chi connectivity index (χ3n) is 5.03. The summed E-state index contributed by atoms with van der Waals surface area (Å²) in [5.74, 6) is -0.521. The lowest BCUT2D eigenvalue weighted by atomic mass is 10.0. The first-order chi connectivity index (χ1) is 12.7. The van der Waals surface area contributed by atoms with Crippen LogP contribution in [-0.4, -0.2) is 57.7 Å². The van der Waals surface area contributed by atoms with Crippen LogP contribution < -0.4 is 5.32 Å². The van der Waals surface area contributed by atoms with Crippen LogP contribution >= 0.6 is 0 Å². The van der Waals surface area contributed by atoms with Gasteiger partial charge in [-0.1, -0.05) is 0 Å². The first-order valence-corrected chi connectivity index (χ1v) is 10.3. The Morgan fingerprint density at radius 3 is 2.48 bits per heavy atom. The lowest BCUT2D eigenvalue weighted by molar-refractivity contribution is -0.0435. The van der Waals surface area contributed by atoms with Crippen molar-refractivity contribution in [1.82, 2.24) is 4.90 Å². The Bertz CT molecular complexity index is 756. The van der Waals surface area contributed by atoms with Gasteiger partial charge in [-0.05, 0) is 43.4 Å². The molecule has 5 nitrogen and oxygen atoms in total. The van der Waals surface area contributed by atoms with Gasteiger partial charge in [-0.15, -0.1) is 0 Å². The Labute approximate surface area is 155 Å². The molecule has 2 aliphatic heterocycles. The molecule has 1 aromatic rings. The number of benzene rings is 1. The van der Waals surface area contributed by atoms with Crippen LogP contribution in [0.1, 0.15) is 19.3 Å². The molecule has 2 heterocycles. The molecule has 1 aromatic carbocycles. The van der Waals surface area contributed by atoms with Gasteiger partial charge >= 0.3 is 5.51 Å². The number of sulfone groups is 1. The van der Waals surface area contributed by atoms with E-state index in [1.54, 1.807) is 0 Å². The Kier molecular flexibility index (Phi) is 5.97. The summed E-state index contributed by atoms with van der Waals surface area (Å²) in [5.41, 5.74) is -5.69. The van der Waals surface area contributed by atoms with Gasteiger partial charge in [0.25, 0.3) is 9.84 Å². The summed E-state index contributed by atoms with van der Waals surface area (Å²) in [6.07, 6.45) is 2.36. The van der Waals surface area contributed by atoms with Gasteiger partial charge in [-0.3, -0.25) is 0 Å². The van der Waals surface area contributed by atoms with Crippen molar-refractivity contribution in [2.45, 2.75) is 35.7 Å². The predicted octanol–water partition coefficient (Wildman–Crippen LogP) is 3.03. The number of likely N-dealkylation sites (tertiary alicyclic amines) is 1. The summed E-state index contributed by atoms with van der Waals surface area (Å²) < 4.78 is 81.0. The summed E-state index contributed by atoms with van der Waals surface area (Å²) in [4.78, 5) is 1.22. The molecule has 0 aromatic heterocycles. The van der Waals surface area contributed by atoms with Crippen molar-refractivity contribution < 1.29 is 30.7 Å². The van der Waals surface area contributed by atoms with Crippen molar-refractivity contribution in [3.8, 4) is 0 Å². The molecule has 152 valence electrons. The first kappa shape index (κ1) is 20.3. The van der Waals surface area contributed by atoms with Gasteiger partial charge in [0.15, 0.2) is 0 Å². The lowest BCUT2D eigenvalue weighted by Crippen LogP contribution is -2.41. The molecule has 0 amide bonds. The van der Waals surface area contributed by atoms with Crippen molar-refractivity contribution in [1.29, 1.82) is 0 Å². The van der Waals surface area contributed by atoms with Crippen molar-refractivity contribution >= 4 is 15.5 Å². The van der Waals surface area contributed by atoms with Crippen LogP contribution in [0.2, 0.25) is 0 Å². The molecule has 0 saturated carbocycles. The van der Waals surface area contributed by atoms with Crippen molar-refractivity contribution in [3.05, 3.63) is 24.0 Å². The van der Waals surface area contributed by atoms with Crippen molar-refractivity contribution in [2.75, 3.05) is 38.2 Å². The fourth-order valence-corrected chi connectivity index (χ4v) is 4.47. The number of nitrogens with one attached hydrogen (secondary N) is 1. The average molecular weight is 410 g/mol. The summed E-state index contributed by atoms with van der Waals surface area (Å²) in [5, 5.41) is 2.87. The fraction of sp³-hybridized carbons (Fsp3) is 0.647.